The number of pyridine rings is 1. The van der Waals surface area contributed by atoms with E-state index in [0.29, 0.717) is 12.8 Å². The summed E-state index contributed by atoms with van der Waals surface area (Å²) in [4.78, 5) is 12.1. The molecule has 0 spiro atoms. The van der Waals surface area contributed by atoms with Crippen molar-refractivity contribution in [3.8, 4) is 11.5 Å². The summed E-state index contributed by atoms with van der Waals surface area (Å²) in [5.74, 6) is 2.75. The topological polar surface area (TPSA) is 47.0 Å². The van der Waals surface area contributed by atoms with E-state index in [1.165, 1.54) is 5.56 Å². The lowest BCUT2D eigenvalue weighted by molar-refractivity contribution is 0.173. The number of benzene rings is 1. The third-order valence-electron chi connectivity index (χ3n) is 5.07. The predicted molar refractivity (Wildman–Crippen MR) is 98.1 cm³/mol. The molecule has 6 heteroatoms. The molecule has 0 saturated carbocycles. The fourth-order valence-electron chi connectivity index (χ4n) is 3.81. The van der Waals surface area contributed by atoms with Gasteiger partial charge in [0.2, 0.25) is 6.79 Å². The maximum atomic E-state index is 5.61. The second-order valence-electron chi connectivity index (χ2n) is 6.45. The zero-order valence-electron chi connectivity index (χ0n) is 14.0. The molecule has 0 bridgehead atoms. The number of aromatic nitrogens is 1. The largest absolute Gasteiger partial charge is 0.454 e. The van der Waals surface area contributed by atoms with Crippen molar-refractivity contribution in [2.45, 2.75) is 31.5 Å². The molecule has 3 atom stereocenters. The minimum atomic E-state index is 0.0124. The van der Waals surface area contributed by atoms with Gasteiger partial charge in [-0.3, -0.25) is 9.98 Å². The first-order chi connectivity index (χ1) is 12.3. The summed E-state index contributed by atoms with van der Waals surface area (Å²) in [6, 6.07) is 13.0. The van der Waals surface area contributed by atoms with Crippen molar-refractivity contribution in [3.05, 3.63) is 53.9 Å². The van der Waals surface area contributed by atoms with E-state index in [0.717, 1.165) is 34.5 Å². The summed E-state index contributed by atoms with van der Waals surface area (Å²) in [7, 11) is 0. The van der Waals surface area contributed by atoms with Crippen molar-refractivity contribution < 1.29 is 9.47 Å². The summed E-state index contributed by atoms with van der Waals surface area (Å²) < 4.78 is 11.1. The highest BCUT2D eigenvalue weighted by Crippen LogP contribution is 2.49. The van der Waals surface area contributed by atoms with Crippen molar-refractivity contribution in [1.82, 2.24) is 9.88 Å². The summed E-state index contributed by atoms with van der Waals surface area (Å²) >= 11 is 1.86. The minimum Gasteiger partial charge on any atom is -0.454 e. The SMILES string of the molecule is CC[C@@H]1CSC2=N[C@@H](c3ccccn3)[C@H](c3ccc4c(c3)OCO4)N21. The average Bonchev–Trinajstić information content (AvgIpc) is 3.36. The van der Waals surface area contributed by atoms with Crippen LogP contribution in [0.1, 0.15) is 36.7 Å². The molecule has 0 radical (unpaired) electrons. The average molecular weight is 353 g/mol. The number of nitrogens with zero attached hydrogens (tertiary/aromatic N) is 3. The highest BCUT2D eigenvalue weighted by molar-refractivity contribution is 8.14. The van der Waals surface area contributed by atoms with Crippen molar-refractivity contribution in [3.63, 3.8) is 0 Å². The molecule has 1 fully saturated rings. The molecule has 5 nitrogen and oxygen atoms in total. The fraction of sp³-hybridized carbons (Fsp3) is 0.368. The van der Waals surface area contributed by atoms with Crippen molar-refractivity contribution in [1.29, 1.82) is 0 Å². The third-order valence-corrected chi connectivity index (χ3v) is 6.19. The molecule has 0 unspecified atom stereocenters. The summed E-state index contributed by atoms with van der Waals surface area (Å²) in [5.41, 5.74) is 2.22. The normalized spacial score (nSPS) is 26.7. The zero-order chi connectivity index (χ0) is 16.8. The first-order valence-electron chi connectivity index (χ1n) is 8.64. The number of fused-ring (bicyclic) bond motifs is 2. The molecular weight excluding hydrogens is 334 g/mol. The van der Waals surface area contributed by atoms with Gasteiger partial charge in [-0.1, -0.05) is 30.8 Å². The number of ether oxygens (including phenoxy) is 2. The molecule has 0 amide bonds. The maximum Gasteiger partial charge on any atom is 0.231 e. The molecule has 1 saturated heterocycles. The van der Waals surface area contributed by atoms with Crippen LogP contribution in [0.2, 0.25) is 0 Å². The van der Waals surface area contributed by atoms with Crippen molar-refractivity contribution in [2.24, 2.45) is 4.99 Å². The number of hydrogen-bond donors (Lipinski definition) is 0. The van der Waals surface area contributed by atoms with Crippen LogP contribution in [0.5, 0.6) is 11.5 Å². The Morgan fingerprint density at radius 3 is 2.96 bits per heavy atom. The van der Waals surface area contributed by atoms with Crippen LogP contribution in [0.25, 0.3) is 0 Å². The van der Waals surface area contributed by atoms with Gasteiger partial charge in [0.25, 0.3) is 0 Å². The lowest BCUT2D eigenvalue weighted by Gasteiger charge is -2.32. The fourth-order valence-corrected chi connectivity index (χ4v) is 5.14. The van der Waals surface area contributed by atoms with Gasteiger partial charge < -0.3 is 14.4 Å². The number of thioether (sulfide) groups is 1. The Morgan fingerprint density at radius 1 is 1.20 bits per heavy atom. The molecule has 25 heavy (non-hydrogen) atoms. The molecule has 4 heterocycles. The lowest BCUT2D eigenvalue weighted by atomic mass is 9.95. The number of hydrogen-bond acceptors (Lipinski definition) is 6. The zero-order valence-corrected chi connectivity index (χ0v) is 14.8. The molecular formula is C19H19N3O2S. The smallest absolute Gasteiger partial charge is 0.231 e. The van der Waals surface area contributed by atoms with Crippen LogP contribution in [0.15, 0.2) is 47.6 Å². The van der Waals surface area contributed by atoms with Gasteiger partial charge >= 0.3 is 0 Å². The Balaban J connectivity index is 1.60. The van der Waals surface area contributed by atoms with Gasteiger partial charge in [0.15, 0.2) is 16.7 Å². The maximum absolute atomic E-state index is 5.61. The lowest BCUT2D eigenvalue weighted by Crippen LogP contribution is -2.35. The monoisotopic (exact) mass is 353 g/mol. The number of amidine groups is 1. The second-order valence-corrected chi connectivity index (χ2v) is 7.44. The van der Waals surface area contributed by atoms with Gasteiger partial charge in [-0.15, -0.1) is 0 Å². The molecule has 2 aromatic rings. The van der Waals surface area contributed by atoms with E-state index in [9.17, 15) is 0 Å². The van der Waals surface area contributed by atoms with E-state index < -0.39 is 0 Å². The van der Waals surface area contributed by atoms with Crippen LogP contribution in [-0.4, -0.2) is 33.6 Å². The molecule has 1 aromatic carbocycles. The highest BCUT2D eigenvalue weighted by Gasteiger charge is 2.45. The molecule has 3 aliphatic heterocycles. The van der Waals surface area contributed by atoms with E-state index in [2.05, 4.69) is 35.0 Å². The van der Waals surface area contributed by atoms with Gasteiger partial charge in [0.05, 0.1) is 11.7 Å². The van der Waals surface area contributed by atoms with Gasteiger partial charge in [0.1, 0.15) is 6.04 Å². The summed E-state index contributed by atoms with van der Waals surface area (Å²) in [6.07, 6.45) is 2.96. The van der Waals surface area contributed by atoms with Crippen LogP contribution >= 0.6 is 11.8 Å². The van der Waals surface area contributed by atoms with Crippen LogP contribution in [0, 0.1) is 0 Å². The van der Waals surface area contributed by atoms with E-state index in [1.807, 2.05) is 36.2 Å². The van der Waals surface area contributed by atoms with E-state index in [1.54, 1.807) is 0 Å². The standard InChI is InChI=1S/C19H19N3O2S/c1-2-13-10-25-19-21-17(14-5-3-4-8-20-14)18(22(13)19)12-6-7-15-16(9-12)24-11-23-15/h3-9,13,17-18H,2,10-11H2,1H3/t13-,17+,18+/m1/s1. The van der Waals surface area contributed by atoms with Crippen molar-refractivity contribution >= 4 is 16.9 Å². The van der Waals surface area contributed by atoms with Gasteiger partial charge in [-0.05, 0) is 36.2 Å². The number of rotatable bonds is 3. The van der Waals surface area contributed by atoms with Crippen LogP contribution in [-0.2, 0) is 0 Å². The Morgan fingerprint density at radius 2 is 2.12 bits per heavy atom. The molecule has 0 aliphatic carbocycles. The van der Waals surface area contributed by atoms with Gasteiger partial charge in [-0.2, -0.15) is 0 Å². The molecule has 128 valence electrons. The Hall–Kier alpha value is -2.21. The predicted octanol–water partition coefficient (Wildman–Crippen LogP) is 3.79. The highest BCUT2D eigenvalue weighted by atomic mass is 32.2. The first-order valence-corrected chi connectivity index (χ1v) is 9.63. The molecule has 5 rings (SSSR count). The van der Waals surface area contributed by atoms with E-state index in [-0.39, 0.29) is 12.1 Å². The van der Waals surface area contributed by atoms with Crippen molar-refractivity contribution in [2.75, 3.05) is 12.5 Å². The summed E-state index contributed by atoms with van der Waals surface area (Å²) in [6.45, 7) is 2.55. The Labute approximate surface area is 151 Å². The molecule has 3 aliphatic rings. The van der Waals surface area contributed by atoms with Crippen LogP contribution in [0.4, 0.5) is 0 Å². The van der Waals surface area contributed by atoms with E-state index >= 15 is 0 Å². The van der Waals surface area contributed by atoms with Crippen LogP contribution in [0.3, 0.4) is 0 Å². The van der Waals surface area contributed by atoms with Gasteiger partial charge in [0, 0.05) is 18.0 Å². The van der Waals surface area contributed by atoms with Gasteiger partial charge in [-0.25, -0.2) is 0 Å². The minimum absolute atomic E-state index is 0.0124. The number of aliphatic imine (C=N–C) groups is 1. The third kappa shape index (κ3) is 2.39. The Kier molecular flexibility index (Phi) is 3.59. The van der Waals surface area contributed by atoms with Crippen LogP contribution < -0.4 is 9.47 Å². The second kappa shape index (κ2) is 5.95. The van der Waals surface area contributed by atoms with E-state index in [4.69, 9.17) is 14.5 Å². The first kappa shape index (κ1) is 15.1. The Bertz CT molecular complexity index is 827. The molecule has 1 aromatic heterocycles. The summed E-state index contributed by atoms with van der Waals surface area (Å²) in [5, 5.41) is 1.14. The molecule has 0 N–H and O–H groups in total. The quantitative estimate of drug-likeness (QED) is 0.840.